The average Bonchev–Trinajstić information content (AvgIpc) is 3.64. The van der Waals surface area contributed by atoms with Gasteiger partial charge in [0.15, 0.2) is 5.78 Å². The third kappa shape index (κ3) is 10.8. The van der Waals surface area contributed by atoms with Crippen molar-refractivity contribution in [3.05, 3.63) is 54.1 Å². The quantitative estimate of drug-likeness (QED) is 0.182. The third-order valence-corrected chi connectivity index (χ3v) is 8.20. The molecule has 0 aliphatic carbocycles. The molecule has 1 aliphatic rings. The summed E-state index contributed by atoms with van der Waals surface area (Å²) in [5, 5.41) is 2.91. The number of hydrogen-bond acceptors (Lipinski definition) is 5. The first kappa shape index (κ1) is 33.1. The van der Waals surface area contributed by atoms with Crippen LogP contribution in [0.25, 0.3) is 0 Å². The molecular weight excluding hydrogens is 528 g/mol. The second kappa shape index (κ2) is 17.5. The Bertz CT molecular complexity index is 1130. The summed E-state index contributed by atoms with van der Waals surface area (Å²) < 4.78 is 2.08. The van der Waals surface area contributed by atoms with Crippen molar-refractivity contribution in [2.45, 2.75) is 116 Å². The fourth-order valence-corrected chi connectivity index (χ4v) is 5.90. The summed E-state index contributed by atoms with van der Waals surface area (Å²) >= 11 is 0. The minimum absolute atomic E-state index is 0.0103. The fourth-order valence-electron chi connectivity index (χ4n) is 5.90. The second-order valence-electron chi connectivity index (χ2n) is 12.2. The van der Waals surface area contributed by atoms with Crippen molar-refractivity contribution in [1.82, 2.24) is 19.8 Å². The normalized spacial score (nSPS) is 16.3. The lowest BCUT2D eigenvalue weighted by molar-refractivity contribution is -0.138. The number of aromatic nitrogens is 2. The van der Waals surface area contributed by atoms with Gasteiger partial charge in [-0.1, -0.05) is 69.9 Å². The number of nitrogens with zero attached hydrogens (tertiary/aromatic N) is 3. The predicted octanol–water partition coefficient (Wildman–Crippen LogP) is 5.24. The van der Waals surface area contributed by atoms with Gasteiger partial charge in [0, 0.05) is 43.1 Å². The SMILES string of the molecule is CC(=O)N1CCC[C@H]1C(=O)N[C@@H](CC(C)C)C(=O)C[C@H]([C+]=O)Cc1cncn1CCCCCCCCc1ccccc1. The van der Waals surface area contributed by atoms with Crippen LogP contribution in [0.4, 0.5) is 0 Å². The van der Waals surface area contributed by atoms with Gasteiger partial charge in [-0.3, -0.25) is 14.4 Å². The van der Waals surface area contributed by atoms with Crippen molar-refractivity contribution >= 4 is 23.9 Å². The van der Waals surface area contributed by atoms with Crippen LogP contribution in [-0.2, 0) is 38.6 Å². The predicted molar refractivity (Wildman–Crippen MR) is 164 cm³/mol. The van der Waals surface area contributed by atoms with Crippen LogP contribution in [0.2, 0.25) is 0 Å². The highest BCUT2D eigenvalue weighted by atomic mass is 16.2. The summed E-state index contributed by atoms with van der Waals surface area (Å²) in [6, 6.07) is 9.39. The Morgan fingerprint density at radius 1 is 1.05 bits per heavy atom. The molecule has 42 heavy (non-hydrogen) atoms. The van der Waals surface area contributed by atoms with Crippen LogP contribution >= 0.6 is 0 Å². The number of likely N-dealkylation sites (tertiary alicyclic amines) is 1. The number of amides is 2. The van der Waals surface area contributed by atoms with Gasteiger partial charge in [0.25, 0.3) is 0 Å². The summed E-state index contributed by atoms with van der Waals surface area (Å²) in [6.07, 6.45) is 16.1. The smallest absolute Gasteiger partial charge is 0.344 e. The molecule has 8 heteroatoms. The van der Waals surface area contributed by atoms with Gasteiger partial charge in [0.05, 0.1) is 18.8 Å². The number of aryl methyl sites for hydroxylation is 2. The van der Waals surface area contributed by atoms with Gasteiger partial charge < -0.3 is 14.8 Å². The van der Waals surface area contributed by atoms with E-state index in [0.717, 1.165) is 37.9 Å². The molecule has 1 fully saturated rings. The van der Waals surface area contributed by atoms with E-state index in [1.807, 2.05) is 13.8 Å². The van der Waals surface area contributed by atoms with Crippen LogP contribution in [0, 0.1) is 11.8 Å². The van der Waals surface area contributed by atoms with Crippen LogP contribution in [-0.4, -0.2) is 57.0 Å². The zero-order chi connectivity index (χ0) is 30.3. The molecule has 1 aromatic heterocycles. The molecule has 3 atom stereocenters. The molecular formula is C34H49N4O4+. The van der Waals surface area contributed by atoms with E-state index in [1.54, 1.807) is 17.4 Å². The number of carbonyl (C=O) groups is 3. The zero-order valence-electron chi connectivity index (χ0n) is 25.7. The molecule has 1 saturated heterocycles. The van der Waals surface area contributed by atoms with Gasteiger partial charge in [0.1, 0.15) is 6.04 Å². The van der Waals surface area contributed by atoms with Crippen LogP contribution < -0.4 is 5.32 Å². The van der Waals surface area contributed by atoms with E-state index in [0.29, 0.717) is 25.8 Å². The van der Waals surface area contributed by atoms with E-state index in [2.05, 4.69) is 51.5 Å². The van der Waals surface area contributed by atoms with Gasteiger partial charge in [-0.15, -0.1) is 0 Å². The highest BCUT2D eigenvalue weighted by Crippen LogP contribution is 2.20. The maximum atomic E-state index is 13.3. The Hall–Kier alpha value is -3.38. The monoisotopic (exact) mass is 577 g/mol. The Labute approximate surface area is 251 Å². The lowest BCUT2D eigenvalue weighted by atomic mass is 9.91. The topological polar surface area (TPSA) is 101 Å². The largest absolute Gasteiger partial charge is 0.510 e. The standard InChI is InChI=1S/C34H48N4O4/c1-26(2)20-31(36-34(42)32-17-13-19-38(32)27(3)40)33(41)22-29(24-39)21-30-23-35-25-37(30)18-12-7-5-4-6-9-14-28-15-10-8-11-16-28/h8,10-11,15-16,23,25-26,29,31-32H,4-7,9,12-14,17-22H2,1-3H3/p+1/t29-,31+,32+/m1/s1. The van der Waals surface area contributed by atoms with Gasteiger partial charge >= 0.3 is 6.29 Å². The van der Waals surface area contributed by atoms with Crippen LogP contribution in [0.3, 0.4) is 0 Å². The molecule has 0 bridgehead atoms. The van der Waals surface area contributed by atoms with E-state index < -0.39 is 18.0 Å². The number of ketones is 1. The van der Waals surface area contributed by atoms with Crippen molar-refractivity contribution in [2.24, 2.45) is 11.8 Å². The number of nitrogens with one attached hydrogen (secondary N) is 1. The molecule has 3 rings (SSSR count). The minimum Gasteiger partial charge on any atom is -0.344 e. The Balaban J connectivity index is 1.43. The molecule has 2 amide bonds. The van der Waals surface area contributed by atoms with E-state index in [4.69, 9.17) is 0 Å². The molecule has 0 saturated carbocycles. The summed E-state index contributed by atoms with van der Waals surface area (Å²) in [6.45, 7) is 6.85. The van der Waals surface area contributed by atoms with Crippen LogP contribution in [0.1, 0.15) is 96.2 Å². The zero-order valence-corrected chi connectivity index (χ0v) is 25.7. The molecule has 0 radical (unpaired) electrons. The van der Waals surface area contributed by atoms with Crippen molar-refractivity contribution in [3.63, 3.8) is 0 Å². The molecule has 1 N–H and O–H groups in total. The molecule has 1 aromatic carbocycles. The molecule has 8 nitrogen and oxygen atoms in total. The number of hydrogen-bond donors (Lipinski definition) is 1. The summed E-state index contributed by atoms with van der Waals surface area (Å²) in [4.78, 5) is 56.1. The summed E-state index contributed by atoms with van der Waals surface area (Å²) in [5.74, 6) is -1.02. The Morgan fingerprint density at radius 3 is 2.45 bits per heavy atom. The van der Waals surface area contributed by atoms with Crippen molar-refractivity contribution in [1.29, 1.82) is 0 Å². The molecule has 0 unspecified atom stereocenters. The van der Waals surface area contributed by atoms with E-state index in [-0.39, 0.29) is 29.9 Å². The number of benzene rings is 1. The van der Waals surface area contributed by atoms with Crippen LogP contribution in [0.5, 0.6) is 0 Å². The average molecular weight is 578 g/mol. The first-order valence-corrected chi connectivity index (χ1v) is 15.8. The van der Waals surface area contributed by atoms with Crippen molar-refractivity contribution in [2.75, 3.05) is 6.54 Å². The minimum atomic E-state index is -0.694. The lowest BCUT2D eigenvalue weighted by Gasteiger charge is -2.26. The maximum absolute atomic E-state index is 13.3. The lowest BCUT2D eigenvalue weighted by Crippen LogP contribution is -2.51. The molecule has 228 valence electrons. The Morgan fingerprint density at radius 2 is 1.76 bits per heavy atom. The second-order valence-corrected chi connectivity index (χ2v) is 12.2. The first-order valence-electron chi connectivity index (χ1n) is 15.8. The Kier molecular flexibility index (Phi) is 13.8. The highest BCUT2D eigenvalue weighted by molar-refractivity contribution is 5.93. The summed E-state index contributed by atoms with van der Waals surface area (Å²) in [7, 11) is 0. The number of carbonyl (C=O) groups excluding carboxylic acids is 4. The van der Waals surface area contributed by atoms with Crippen LogP contribution in [0.15, 0.2) is 42.9 Å². The molecule has 0 spiro atoms. The van der Waals surface area contributed by atoms with E-state index >= 15 is 0 Å². The summed E-state index contributed by atoms with van der Waals surface area (Å²) in [5.41, 5.74) is 2.33. The highest BCUT2D eigenvalue weighted by Gasteiger charge is 2.36. The molecule has 2 aromatic rings. The first-order chi connectivity index (χ1) is 20.3. The third-order valence-electron chi connectivity index (χ3n) is 8.20. The molecule has 2 heterocycles. The van der Waals surface area contributed by atoms with Gasteiger partial charge in [-0.2, -0.15) is 0 Å². The fraction of sp³-hybridized carbons (Fsp3) is 0.618. The number of unbranched alkanes of at least 4 members (excludes halogenated alkanes) is 5. The van der Waals surface area contributed by atoms with Crippen molar-refractivity contribution in [3.8, 4) is 0 Å². The molecule has 1 aliphatic heterocycles. The number of rotatable bonds is 19. The van der Waals surface area contributed by atoms with Gasteiger partial charge in [-0.25, -0.2) is 4.98 Å². The maximum Gasteiger partial charge on any atom is 0.510 e. The van der Waals surface area contributed by atoms with Crippen molar-refractivity contribution < 1.29 is 19.2 Å². The number of Topliss-reactive ketones (excluding diaryl/α,β-unsaturated/α-hetero) is 1. The van der Waals surface area contributed by atoms with E-state index in [9.17, 15) is 19.2 Å². The van der Waals surface area contributed by atoms with E-state index in [1.165, 1.54) is 38.2 Å². The van der Waals surface area contributed by atoms with Gasteiger partial charge in [-0.05, 0) is 50.0 Å². The number of imidazole rings is 1. The van der Waals surface area contributed by atoms with Gasteiger partial charge in [0.2, 0.25) is 17.7 Å².